The Morgan fingerprint density at radius 2 is 1.36 bits per heavy atom. The first-order valence-electron chi connectivity index (χ1n) is 10.3. The van der Waals surface area contributed by atoms with Gasteiger partial charge in [-0.1, -0.05) is 60.7 Å². The fourth-order valence-corrected chi connectivity index (χ4v) is 3.36. The van der Waals surface area contributed by atoms with Crippen LogP contribution in [-0.2, 0) is 12.8 Å². The Hall–Kier alpha value is -4.24. The van der Waals surface area contributed by atoms with Gasteiger partial charge in [-0.2, -0.15) is 0 Å². The summed E-state index contributed by atoms with van der Waals surface area (Å²) in [6, 6.07) is 18.0. The monoisotopic (exact) mass is 445 g/mol. The summed E-state index contributed by atoms with van der Waals surface area (Å²) in [7, 11) is 0. The number of primary amides is 1. The molecule has 9 nitrogen and oxygen atoms in total. The van der Waals surface area contributed by atoms with E-state index in [1.807, 2.05) is 60.7 Å². The molecule has 2 heterocycles. The molecular formula is C24H23N5O4. The normalized spacial score (nSPS) is 12.8. The van der Waals surface area contributed by atoms with Gasteiger partial charge in [0.25, 0.3) is 11.8 Å². The van der Waals surface area contributed by atoms with Crippen molar-refractivity contribution in [3.05, 3.63) is 107 Å². The van der Waals surface area contributed by atoms with Crippen LogP contribution in [0.2, 0.25) is 0 Å². The minimum Gasteiger partial charge on any atom is -0.446 e. The molecule has 2 aromatic carbocycles. The van der Waals surface area contributed by atoms with Crippen LogP contribution in [0.3, 0.4) is 0 Å². The third kappa shape index (κ3) is 5.52. The highest BCUT2D eigenvalue weighted by Gasteiger charge is 2.25. The van der Waals surface area contributed by atoms with Crippen LogP contribution in [0.15, 0.2) is 82.0 Å². The molecule has 0 spiro atoms. The Morgan fingerprint density at radius 1 is 0.818 bits per heavy atom. The van der Waals surface area contributed by atoms with Crippen LogP contribution in [0.25, 0.3) is 0 Å². The van der Waals surface area contributed by atoms with Crippen LogP contribution in [-0.4, -0.2) is 21.8 Å². The van der Waals surface area contributed by atoms with Crippen molar-refractivity contribution in [1.29, 1.82) is 0 Å². The summed E-state index contributed by atoms with van der Waals surface area (Å²) in [6.07, 6.45) is 3.33. The molecule has 33 heavy (non-hydrogen) atoms. The van der Waals surface area contributed by atoms with Crippen LogP contribution in [0.1, 0.15) is 56.0 Å². The maximum atomic E-state index is 12.9. The summed E-state index contributed by atoms with van der Waals surface area (Å²) in [5.74, 6) is -0.791. The average molecular weight is 445 g/mol. The number of oxazole rings is 2. The highest BCUT2D eigenvalue weighted by Crippen LogP contribution is 2.20. The Bertz CT molecular complexity index is 1220. The number of hydrogen-bond acceptors (Lipinski definition) is 7. The van der Waals surface area contributed by atoms with E-state index in [4.69, 9.17) is 20.3 Å². The second-order valence-electron chi connectivity index (χ2n) is 7.52. The van der Waals surface area contributed by atoms with Crippen molar-refractivity contribution in [3.63, 3.8) is 0 Å². The third-order valence-electron chi connectivity index (χ3n) is 5.03. The molecule has 0 radical (unpaired) electrons. The number of nitrogens with one attached hydrogen (secondary N) is 1. The highest BCUT2D eigenvalue weighted by atomic mass is 16.3. The van der Waals surface area contributed by atoms with Crippen molar-refractivity contribution in [3.8, 4) is 0 Å². The van der Waals surface area contributed by atoms with E-state index in [-0.39, 0.29) is 23.2 Å². The smallest absolute Gasteiger partial charge is 0.273 e. The topological polar surface area (TPSA) is 150 Å². The lowest BCUT2D eigenvalue weighted by Crippen LogP contribution is -2.30. The summed E-state index contributed by atoms with van der Waals surface area (Å²) in [5.41, 5.74) is 13.5. The molecule has 2 atom stereocenters. The molecule has 9 heteroatoms. The van der Waals surface area contributed by atoms with Crippen LogP contribution in [0, 0.1) is 0 Å². The molecule has 0 aliphatic rings. The van der Waals surface area contributed by atoms with Gasteiger partial charge >= 0.3 is 0 Å². The molecule has 168 valence electrons. The Labute approximate surface area is 189 Å². The minimum absolute atomic E-state index is 0.0204. The molecule has 2 aromatic heterocycles. The van der Waals surface area contributed by atoms with Crippen molar-refractivity contribution in [2.45, 2.75) is 24.9 Å². The van der Waals surface area contributed by atoms with Gasteiger partial charge in [0.05, 0.1) is 6.04 Å². The second kappa shape index (κ2) is 9.92. The van der Waals surface area contributed by atoms with Gasteiger partial charge in [-0.3, -0.25) is 9.59 Å². The fraction of sp³-hybridized carbons (Fsp3) is 0.167. The maximum absolute atomic E-state index is 12.9. The molecular weight excluding hydrogens is 422 g/mol. The molecule has 0 saturated carbocycles. The van der Waals surface area contributed by atoms with Crippen molar-refractivity contribution in [2.24, 2.45) is 11.5 Å². The van der Waals surface area contributed by atoms with E-state index in [1.165, 1.54) is 12.5 Å². The van der Waals surface area contributed by atoms with Crippen LogP contribution >= 0.6 is 0 Å². The summed E-state index contributed by atoms with van der Waals surface area (Å²) < 4.78 is 10.9. The zero-order chi connectivity index (χ0) is 23.2. The lowest BCUT2D eigenvalue weighted by Gasteiger charge is -2.15. The SMILES string of the molecule is NC(=O)c1coc([C@H](Cc2ccccc2)NC(=O)c2coc([C@@H](N)Cc3ccccc3)n2)n1. The summed E-state index contributed by atoms with van der Waals surface area (Å²) in [5, 5.41) is 2.84. The minimum atomic E-state index is -0.719. The number of rotatable bonds is 9. The summed E-state index contributed by atoms with van der Waals surface area (Å²) in [6.45, 7) is 0. The number of carbonyl (C=O) groups is 2. The lowest BCUT2D eigenvalue weighted by molar-refractivity contribution is 0.0924. The van der Waals surface area contributed by atoms with Gasteiger partial charge in [0.1, 0.15) is 18.6 Å². The quantitative estimate of drug-likeness (QED) is 0.358. The largest absolute Gasteiger partial charge is 0.446 e. The van der Waals surface area contributed by atoms with Gasteiger partial charge in [-0.15, -0.1) is 0 Å². The number of nitrogens with zero attached hydrogens (tertiary/aromatic N) is 2. The molecule has 4 rings (SSSR count). The zero-order valence-corrected chi connectivity index (χ0v) is 17.7. The number of benzene rings is 2. The Balaban J connectivity index is 1.50. The molecule has 0 fully saturated rings. The van der Waals surface area contributed by atoms with Crippen molar-refractivity contribution in [1.82, 2.24) is 15.3 Å². The molecule has 0 bridgehead atoms. The Morgan fingerprint density at radius 3 is 1.97 bits per heavy atom. The fourth-order valence-electron chi connectivity index (χ4n) is 3.36. The van der Waals surface area contributed by atoms with Crippen molar-refractivity contribution in [2.75, 3.05) is 0 Å². The van der Waals surface area contributed by atoms with E-state index in [2.05, 4.69) is 15.3 Å². The molecule has 0 aliphatic carbocycles. The van der Waals surface area contributed by atoms with Gasteiger partial charge in [-0.25, -0.2) is 9.97 Å². The standard InChI is InChI=1S/C24H23N5O4/c25-17(11-15-7-3-1-4-8-15)23-29-20(14-32-23)22(31)27-18(12-16-9-5-2-6-10-16)24-28-19(13-33-24)21(26)30/h1-10,13-14,17-18H,11-12,25H2,(H2,26,30)(H,27,31)/t17-,18-/m0/s1. The van der Waals surface area contributed by atoms with Crippen LogP contribution < -0.4 is 16.8 Å². The van der Waals surface area contributed by atoms with Gasteiger partial charge in [-0.05, 0) is 17.5 Å². The molecule has 0 saturated heterocycles. The number of carbonyl (C=O) groups excluding carboxylic acids is 2. The number of amides is 2. The number of aromatic nitrogens is 2. The average Bonchev–Trinajstić information content (AvgIpc) is 3.51. The first-order valence-corrected chi connectivity index (χ1v) is 10.3. The van der Waals surface area contributed by atoms with Crippen molar-refractivity contribution < 1.29 is 18.4 Å². The molecule has 0 aliphatic heterocycles. The zero-order valence-electron chi connectivity index (χ0n) is 17.7. The number of hydrogen-bond donors (Lipinski definition) is 3. The molecule has 2 amide bonds. The third-order valence-corrected chi connectivity index (χ3v) is 5.03. The van der Waals surface area contributed by atoms with E-state index in [0.717, 1.165) is 11.1 Å². The second-order valence-corrected chi connectivity index (χ2v) is 7.52. The predicted molar refractivity (Wildman–Crippen MR) is 119 cm³/mol. The highest BCUT2D eigenvalue weighted by molar-refractivity contribution is 5.92. The first-order chi connectivity index (χ1) is 16.0. The first kappa shape index (κ1) is 22.0. The van der Waals surface area contributed by atoms with Gasteiger partial charge in [0.15, 0.2) is 11.4 Å². The van der Waals surface area contributed by atoms with Gasteiger partial charge in [0, 0.05) is 6.42 Å². The van der Waals surface area contributed by atoms with Gasteiger partial charge in [0.2, 0.25) is 11.8 Å². The van der Waals surface area contributed by atoms with Gasteiger partial charge < -0.3 is 25.6 Å². The molecule has 5 N–H and O–H groups in total. The predicted octanol–water partition coefficient (Wildman–Crippen LogP) is 2.72. The van der Waals surface area contributed by atoms with E-state index < -0.39 is 23.9 Å². The summed E-state index contributed by atoms with van der Waals surface area (Å²) in [4.78, 5) is 32.7. The van der Waals surface area contributed by atoms with E-state index in [1.54, 1.807) is 0 Å². The molecule has 4 aromatic rings. The van der Waals surface area contributed by atoms with E-state index in [0.29, 0.717) is 12.8 Å². The molecule has 0 unspecified atom stereocenters. The Kier molecular flexibility index (Phi) is 6.61. The number of nitrogens with two attached hydrogens (primary N) is 2. The van der Waals surface area contributed by atoms with Crippen LogP contribution in [0.4, 0.5) is 0 Å². The van der Waals surface area contributed by atoms with E-state index >= 15 is 0 Å². The lowest BCUT2D eigenvalue weighted by atomic mass is 10.1. The maximum Gasteiger partial charge on any atom is 0.273 e. The van der Waals surface area contributed by atoms with Crippen molar-refractivity contribution >= 4 is 11.8 Å². The van der Waals surface area contributed by atoms with E-state index in [9.17, 15) is 9.59 Å². The van der Waals surface area contributed by atoms with Crippen LogP contribution in [0.5, 0.6) is 0 Å². The summed E-state index contributed by atoms with van der Waals surface area (Å²) >= 11 is 0.